The molecule has 0 spiro atoms. The molecule has 0 unspecified atom stereocenters. The number of carbonyl (C=O) groups is 1. The van der Waals surface area contributed by atoms with Crippen LogP contribution in [0.1, 0.15) is 20.3 Å². The van der Waals surface area contributed by atoms with E-state index in [1.54, 1.807) is 27.0 Å². The molecule has 1 rings (SSSR count). The van der Waals surface area contributed by atoms with Crippen LogP contribution in [0.15, 0.2) is 23.2 Å². The summed E-state index contributed by atoms with van der Waals surface area (Å²) in [6.45, 7) is 3.18. The second-order valence-corrected chi connectivity index (χ2v) is 6.44. The Hall–Kier alpha value is -1.67. The summed E-state index contributed by atoms with van der Waals surface area (Å²) in [7, 11) is -2.05. The molecule has 0 saturated carbocycles. The third kappa shape index (κ3) is 4.49. The van der Waals surface area contributed by atoms with Gasteiger partial charge in [-0.05, 0) is 26.0 Å². The number of sulfonamides is 1. The third-order valence-corrected chi connectivity index (χ3v) is 4.01. The van der Waals surface area contributed by atoms with Crippen molar-refractivity contribution in [1.29, 1.82) is 0 Å². The molecule has 1 aromatic heterocycles. The van der Waals surface area contributed by atoms with Crippen LogP contribution in [-0.2, 0) is 14.8 Å². The first-order valence-electron chi connectivity index (χ1n) is 5.62. The van der Waals surface area contributed by atoms with E-state index in [9.17, 15) is 13.2 Å². The summed E-state index contributed by atoms with van der Waals surface area (Å²) in [5, 5.41) is 2.79. The van der Waals surface area contributed by atoms with Crippen molar-refractivity contribution in [2.75, 3.05) is 12.4 Å². The maximum atomic E-state index is 12.1. The van der Waals surface area contributed by atoms with Crippen LogP contribution in [0.4, 0.5) is 5.82 Å². The van der Waals surface area contributed by atoms with Gasteiger partial charge in [-0.1, -0.05) is 0 Å². The molecule has 0 aromatic carbocycles. The highest BCUT2D eigenvalue weighted by Gasteiger charge is 2.28. The van der Waals surface area contributed by atoms with Gasteiger partial charge in [-0.2, -0.15) is 0 Å². The van der Waals surface area contributed by atoms with E-state index in [2.05, 4.69) is 15.0 Å². The fourth-order valence-corrected chi connectivity index (χ4v) is 2.94. The van der Waals surface area contributed by atoms with Crippen LogP contribution < -0.4 is 15.8 Å². The summed E-state index contributed by atoms with van der Waals surface area (Å²) in [5.74, 6) is -0.00768. The molecule has 0 aliphatic rings. The Morgan fingerprint density at radius 3 is 2.47 bits per heavy atom. The highest BCUT2D eigenvalue weighted by molar-refractivity contribution is 7.89. The van der Waals surface area contributed by atoms with Crippen molar-refractivity contribution in [3.63, 3.8) is 0 Å². The third-order valence-electron chi connectivity index (χ3n) is 2.33. The van der Waals surface area contributed by atoms with Crippen LogP contribution in [0.2, 0.25) is 0 Å². The number of nitrogens with one attached hydrogen (secondary N) is 2. The number of primary amides is 1. The maximum Gasteiger partial charge on any atom is 0.242 e. The van der Waals surface area contributed by atoms with E-state index >= 15 is 0 Å². The minimum atomic E-state index is -3.74. The lowest BCUT2D eigenvalue weighted by atomic mass is 10.0. The van der Waals surface area contributed by atoms with E-state index in [0.29, 0.717) is 5.82 Å². The van der Waals surface area contributed by atoms with Gasteiger partial charge in [0.25, 0.3) is 0 Å². The first-order valence-corrected chi connectivity index (χ1v) is 7.11. The Morgan fingerprint density at radius 2 is 2.05 bits per heavy atom. The van der Waals surface area contributed by atoms with Gasteiger partial charge in [0.2, 0.25) is 15.9 Å². The number of pyridine rings is 1. The SMILES string of the molecule is CNc1ccc(S(=O)(=O)NC(C)(C)CC(N)=O)cn1. The van der Waals surface area contributed by atoms with Gasteiger partial charge in [0.05, 0.1) is 0 Å². The second-order valence-electron chi connectivity index (χ2n) is 4.76. The number of nitrogens with zero attached hydrogens (tertiary/aromatic N) is 1. The van der Waals surface area contributed by atoms with Gasteiger partial charge in [0, 0.05) is 25.2 Å². The summed E-state index contributed by atoms with van der Waals surface area (Å²) >= 11 is 0. The zero-order chi connectivity index (χ0) is 14.7. The van der Waals surface area contributed by atoms with Crippen LogP contribution >= 0.6 is 0 Å². The predicted octanol–water partition coefficient (Wildman–Crippen LogP) is 0.0556. The van der Waals surface area contributed by atoms with Gasteiger partial charge in [0.1, 0.15) is 10.7 Å². The van der Waals surface area contributed by atoms with Gasteiger partial charge in [0.15, 0.2) is 0 Å². The fraction of sp³-hybridized carbons (Fsp3) is 0.455. The monoisotopic (exact) mass is 286 g/mol. The maximum absolute atomic E-state index is 12.1. The number of rotatable bonds is 6. The molecule has 19 heavy (non-hydrogen) atoms. The molecule has 0 bridgehead atoms. The predicted molar refractivity (Wildman–Crippen MR) is 72.0 cm³/mol. The lowest BCUT2D eigenvalue weighted by Crippen LogP contribution is -2.45. The van der Waals surface area contributed by atoms with E-state index in [0.717, 1.165) is 0 Å². The summed E-state index contributed by atoms with van der Waals surface area (Å²) in [5.41, 5.74) is 4.13. The number of hydrogen-bond donors (Lipinski definition) is 3. The van der Waals surface area contributed by atoms with E-state index < -0.39 is 21.5 Å². The van der Waals surface area contributed by atoms with E-state index in [-0.39, 0.29) is 11.3 Å². The van der Waals surface area contributed by atoms with Crippen LogP contribution in [-0.4, -0.2) is 31.9 Å². The molecule has 7 nitrogen and oxygen atoms in total. The molecule has 0 atom stereocenters. The minimum absolute atomic E-state index is 0.0315. The first-order chi connectivity index (χ1) is 8.66. The summed E-state index contributed by atoms with van der Waals surface area (Å²) < 4.78 is 26.6. The Kier molecular flexibility index (Phi) is 4.48. The zero-order valence-electron chi connectivity index (χ0n) is 11.1. The lowest BCUT2D eigenvalue weighted by molar-refractivity contribution is -0.119. The highest BCUT2D eigenvalue weighted by Crippen LogP contribution is 2.15. The van der Waals surface area contributed by atoms with Gasteiger partial charge < -0.3 is 11.1 Å². The number of anilines is 1. The summed E-state index contributed by atoms with van der Waals surface area (Å²) in [6, 6.07) is 2.98. The highest BCUT2D eigenvalue weighted by atomic mass is 32.2. The number of amides is 1. The largest absolute Gasteiger partial charge is 0.373 e. The standard InChI is InChI=1S/C11H18N4O3S/c1-11(2,6-9(12)16)15-19(17,18)8-4-5-10(13-3)14-7-8/h4-5,7,15H,6H2,1-3H3,(H2,12,16)(H,13,14). The molecule has 1 aromatic rings. The van der Waals surface area contributed by atoms with Gasteiger partial charge in [-0.15, -0.1) is 0 Å². The van der Waals surface area contributed by atoms with Crippen molar-refractivity contribution in [2.24, 2.45) is 5.73 Å². The van der Waals surface area contributed by atoms with Crippen molar-refractivity contribution >= 4 is 21.7 Å². The molecule has 4 N–H and O–H groups in total. The molecule has 0 saturated heterocycles. The minimum Gasteiger partial charge on any atom is -0.373 e. The zero-order valence-corrected chi connectivity index (χ0v) is 11.9. The van der Waals surface area contributed by atoms with E-state index in [4.69, 9.17) is 5.73 Å². The Bertz CT molecular complexity index is 552. The molecular weight excluding hydrogens is 268 g/mol. The molecule has 0 aliphatic carbocycles. The number of nitrogens with two attached hydrogens (primary N) is 1. The number of aromatic nitrogens is 1. The van der Waals surface area contributed by atoms with Crippen LogP contribution in [0, 0.1) is 0 Å². The second kappa shape index (κ2) is 5.54. The molecular formula is C11H18N4O3S. The fourth-order valence-electron chi connectivity index (χ4n) is 1.58. The summed E-state index contributed by atoms with van der Waals surface area (Å²) in [4.78, 5) is 14.9. The van der Waals surface area contributed by atoms with Crippen LogP contribution in [0.25, 0.3) is 0 Å². The molecule has 8 heteroatoms. The quantitative estimate of drug-likeness (QED) is 0.684. The smallest absolute Gasteiger partial charge is 0.242 e. The normalized spacial score (nSPS) is 12.2. The average molecular weight is 286 g/mol. The van der Waals surface area contributed by atoms with Gasteiger partial charge in [-0.25, -0.2) is 18.1 Å². The molecule has 0 radical (unpaired) electrons. The topological polar surface area (TPSA) is 114 Å². The first kappa shape index (κ1) is 15.4. The molecule has 1 amide bonds. The van der Waals surface area contributed by atoms with Crippen molar-refractivity contribution in [3.8, 4) is 0 Å². The van der Waals surface area contributed by atoms with Gasteiger partial charge >= 0.3 is 0 Å². The van der Waals surface area contributed by atoms with Crippen molar-refractivity contribution in [3.05, 3.63) is 18.3 Å². The van der Waals surface area contributed by atoms with Crippen LogP contribution in [0.3, 0.4) is 0 Å². The Balaban J connectivity index is 2.94. The van der Waals surface area contributed by atoms with Gasteiger partial charge in [-0.3, -0.25) is 4.79 Å². The van der Waals surface area contributed by atoms with Crippen molar-refractivity contribution in [1.82, 2.24) is 9.71 Å². The molecule has 0 aliphatic heterocycles. The van der Waals surface area contributed by atoms with Crippen molar-refractivity contribution < 1.29 is 13.2 Å². The number of hydrogen-bond acceptors (Lipinski definition) is 5. The molecule has 106 valence electrons. The number of carbonyl (C=O) groups excluding carboxylic acids is 1. The molecule has 0 fully saturated rings. The Morgan fingerprint density at radius 1 is 1.42 bits per heavy atom. The van der Waals surface area contributed by atoms with E-state index in [1.807, 2.05) is 0 Å². The lowest BCUT2D eigenvalue weighted by Gasteiger charge is -2.24. The van der Waals surface area contributed by atoms with Crippen LogP contribution in [0.5, 0.6) is 0 Å². The van der Waals surface area contributed by atoms with E-state index in [1.165, 1.54) is 12.3 Å². The summed E-state index contributed by atoms with van der Waals surface area (Å²) in [6.07, 6.45) is 1.16. The average Bonchev–Trinajstić information content (AvgIpc) is 2.25. The van der Waals surface area contributed by atoms with Crippen molar-refractivity contribution in [2.45, 2.75) is 30.7 Å². The Labute approximate surface area is 112 Å². The molecule has 1 heterocycles.